The van der Waals surface area contributed by atoms with Gasteiger partial charge in [0.25, 0.3) is 5.91 Å². The van der Waals surface area contributed by atoms with Crippen LogP contribution in [0.3, 0.4) is 0 Å². The normalized spacial score (nSPS) is 10.2. The van der Waals surface area contributed by atoms with Crippen LogP contribution in [0, 0.1) is 0 Å². The summed E-state index contributed by atoms with van der Waals surface area (Å²) in [6.45, 7) is 2.66. The monoisotopic (exact) mass is 415 g/mol. The summed E-state index contributed by atoms with van der Waals surface area (Å²) < 4.78 is 5.95. The summed E-state index contributed by atoms with van der Waals surface area (Å²) in [6, 6.07) is 6.61. The molecule has 3 N–H and O–H groups in total. The summed E-state index contributed by atoms with van der Waals surface area (Å²) in [5.74, 6) is -0.204. The zero-order valence-electron chi connectivity index (χ0n) is 14.0. The number of ether oxygens (including phenoxy) is 1. The van der Waals surface area contributed by atoms with Gasteiger partial charge in [-0.1, -0.05) is 41.6 Å². The topological polar surface area (TPSA) is 105 Å². The molecule has 140 valence electrons. The molecule has 2 aromatic rings. The average molecular weight is 416 g/mol. The Labute approximate surface area is 164 Å². The van der Waals surface area contributed by atoms with Crippen molar-refractivity contribution < 1.29 is 14.3 Å². The molecular formula is C15H18ClN5O3S2. The molecule has 0 spiro atoms. The van der Waals surface area contributed by atoms with Crippen LogP contribution >= 0.6 is 34.7 Å². The fourth-order valence-corrected chi connectivity index (χ4v) is 3.29. The van der Waals surface area contributed by atoms with E-state index >= 15 is 0 Å². The zero-order valence-corrected chi connectivity index (χ0v) is 16.3. The standard InChI is InChI=1S/C15H18ClN5O3S2/c1-2-7-17-14-20-21-15(26-14)25-9-13(23)19-18-12(22)8-24-11-5-3-10(16)4-6-11/h3-6H,2,7-9H2,1H3,(H,17,20)(H,18,22)(H,19,23). The predicted octanol–water partition coefficient (Wildman–Crippen LogP) is 2.33. The molecule has 0 bridgehead atoms. The molecular weight excluding hydrogens is 398 g/mol. The van der Waals surface area contributed by atoms with Gasteiger partial charge in [-0.05, 0) is 30.7 Å². The molecule has 11 heteroatoms. The number of aromatic nitrogens is 2. The number of hydrazine groups is 1. The first kappa shape index (κ1) is 20.3. The van der Waals surface area contributed by atoms with Gasteiger partial charge >= 0.3 is 0 Å². The van der Waals surface area contributed by atoms with Gasteiger partial charge in [-0.15, -0.1) is 10.2 Å². The number of anilines is 1. The molecule has 0 unspecified atom stereocenters. The van der Waals surface area contributed by atoms with E-state index in [4.69, 9.17) is 16.3 Å². The molecule has 1 aromatic heterocycles. The summed E-state index contributed by atoms with van der Waals surface area (Å²) in [6.07, 6.45) is 0.992. The maximum absolute atomic E-state index is 11.8. The summed E-state index contributed by atoms with van der Waals surface area (Å²) >= 11 is 8.38. The van der Waals surface area contributed by atoms with Crippen LogP contribution in [0.5, 0.6) is 5.75 Å². The van der Waals surface area contributed by atoms with E-state index in [0.29, 0.717) is 15.1 Å². The average Bonchev–Trinajstić information content (AvgIpc) is 3.10. The molecule has 2 amide bonds. The maximum Gasteiger partial charge on any atom is 0.276 e. The molecule has 1 aromatic carbocycles. The van der Waals surface area contributed by atoms with Crippen molar-refractivity contribution in [1.82, 2.24) is 21.0 Å². The highest BCUT2D eigenvalue weighted by Gasteiger charge is 2.09. The highest BCUT2D eigenvalue weighted by Crippen LogP contribution is 2.25. The number of amides is 2. The Bertz CT molecular complexity index is 726. The van der Waals surface area contributed by atoms with Crippen molar-refractivity contribution in [2.75, 3.05) is 24.2 Å². The van der Waals surface area contributed by atoms with Crippen molar-refractivity contribution in [2.45, 2.75) is 17.7 Å². The van der Waals surface area contributed by atoms with Crippen LogP contribution in [-0.2, 0) is 9.59 Å². The third kappa shape index (κ3) is 7.46. The zero-order chi connectivity index (χ0) is 18.8. The Balaban J connectivity index is 1.62. The maximum atomic E-state index is 11.8. The predicted molar refractivity (Wildman–Crippen MR) is 103 cm³/mol. The molecule has 0 aliphatic heterocycles. The number of hydrogen-bond acceptors (Lipinski definition) is 8. The fraction of sp³-hybridized carbons (Fsp3) is 0.333. The number of benzene rings is 1. The number of carbonyl (C=O) groups is 2. The summed E-state index contributed by atoms with van der Waals surface area (Å²) in [5, 5.41) is 12.4. The smallest absolute Gasteiger partial charge is 0.276 e. The van der Waals surface area contributed by atoms with Crippen LogP contribution in [0.25, 0.3) is 0 Å². The minimum Gasteiger partial charge on any atom is -0.484 e. The first-order valence-electron chi connectivity index (χ1n) is 7.73. The van der Waals surface area contributed by atoms with Crippen molar-refractivity contribution in [3.05, 3.63) is 29.3 Å². The second-order valence-corrected chi connectivity index (χ2v) is 7.56. The van der Waals surface area contributed by atoms with Crippen molar-refractivity contribution in [3.8, 4) is 5.75 Å². The largest absolute Gasteiger partial charge is 0.484 e. The van der Waals surface area contributed by atoms with Crippen molar-refractivity contribution >= 4 is 51.6 Å². The van der Waals surface area contributed by atoms with E-state index in [1.165, 1.54) is 23.1 Å². The summed E-state index contributed by atoms with van der Waals surface area (Å²) in [4.78, 5) is 23.4. The highest BCUT2D eigenvalue weighted by atomic mass is 35.5. The van der Waals surface area contributed by atoms with Crippen LogP contribution in [0.2, 0.25) is 5.02 Å². The lowest BCUT2D eigenvalue weighted by atomic mass is 10.3. The molecule has 26 heavy (non-hydrogen) atoms. The lowest BCUT2D eigenvalue weighted by molar-refractivity contribution is -0.128. The van der Waals surface area contributed by atoms with Gasteiger partial charge in [-0.3, -0.25) is 20.4 Å². The molecule has 0 saturated heterocycles. The van der Waals surface area contributed by atoms with Crippen LogP contribution in [0.4, 0.5) is 5.13 Å². The van der Waals surface area contributed by atoms with Gasteiger partial charge in [0.1, 0.15) is 5.75 Å². The van der Waals surface area contributed by atoms with Gasteiger partial charge in [0.15, 0.2) is 10.9 Å². The first-order chi connectivity index (χ1) is 12.6. The van der Waals surface area contributed by atoms with Gasteiger partial charge in [0.05, 0.1) is 5.75 Å². The van der Waals surface area contributed by atoms with E-state index in [2.05, 4.69) is 33.3 Å². The SMILES string of the molecule is CCCNc1nnc(SCC(=O)NNC(=O)COc2ccc(Cl)cc2)s1. The molecule has 1 heterocycles. The molecule has 0 fully saturated rings. The lowest BCUT2D eigenvalue weighted by Gasteiger charge is -2.08. The van der Waals surface area contributed by atoms with Gasteiger partial charge in [-0.25, -0.2) is 0 Å². The minimum atomic E-state index is -0.472. The number of nitrogens with zero attached hydrogens (tertiary/aromatic N) is 2. The highest BCUT2D eigenvalue weighted by molar-refractivity contribution is 8.01. The van der Waals surface area contributed by atoms with Gasteiger partial charge in [0, 0.05) is 11.6 Å². The van der Waals surface area contributed by atoms with E-state index in [-0.39, 0.29) is 18.3 Å². The van der Waals surface area contributed by atoms with E-state index in [1.807, 2.05) is 0 Å². The van der Waals surface area contributed by atoms with Gasteiger partial charge in [0.2, 0.25) is 11.0 Å². The molecule has 8 nitrogen and oxygen atoms in total. The number of carbonyl (C=O) groups excluding carboxylic acids is 2. The summed E-state index contributed by atoms with van der Waals surface area (Å²) in [7, 11) is 0. The van der Waals surface area contributed by atoms with Crippen molar-refractivity contribution in [3.63, 3.8) is 0 Å². The second-order valence-electron chi connectivity index (χ2n) is 4.93. The first-order valence-corrected chi connectivity index (χ1v) is 9.91. The quantitative estimate of drug-likeness (QED) is 0.426. The van der Waals surface area contributed by atoms with E-state index in [9.17, 15) is 9.59 Å². The Morgan fingerprint density at radius 3 is 2.65 bits per heavy atom. The van der Waals surface area contributed by atoms with Crippen molar-refractivity contribution in [2.24, 2.45) is 0 Å². The number of hydrogen-bond donors (Lipinski definition) is 3. The molecule has 2 rings (SSSR count). The fourth-order valence-electron chi connectivity index (χ4n) is 1.59. The molecule has 0 saturated carbocycles. The van der Waals surface area contributed by atoms with Crippen LogP contribution < -0.4 is 20.9 Å². The molecule has 0 aliphatic carbocycles. The van der Waals surface area contributed by atoms with E-state index in [0.717, 1.165) is 18.1 Å². The minimum absolute atomic E-state index is 0.112. The van der Waals surface area contributed by atoms with Gasteiger partial charge < -0.3 is 10.1 Å². The molecule has 0 aliphatic rings. The Morgan fingerprint density at radius 2 is 1.92 bits per heavy atom. The second kappa shape index (κ2) is 10.8. The van der Waals surface area contributed by atoms with Crippen LogP contribution in [-0.4, -0.2) is 40.9 Å². The Morgan fingerprint density at radius 1 is 1.19 bits per heavy atom. The third-order valence-corrected chi connectivity index (χ3v) is 5.05. The number of nitrogens with one attached hydrogen (secondary N) is 3. The molecule has 0 radical (unpaired) electrons. The van der Waals surface area contributed by atoms with Crippen LogP contribution in [0.1, 0.15) is 13.3 Å². The number of halogens is 1. The van der Waals surface area contributed by atoms with Crippen molar-refractivity contribution in [1.29, 1.82) is 0 Å². The van der Waals surface area contributed by atoms with Gasteiger partial charge in [-0.2, -0.15) is 0 Å². The summed E-state index contributed by atoms with van der Waals surface area (Å²) in [5.41, 5.74) is 4.61. The Hall–Kier alpha value is -2.04. The van der Waals surface area contributed by atoms with Crippen LogP contribution in [0.15, 0.2) is 28.6 Å². The third-order valence-electron chi connectivity index (χ3n) is 2.78. The lowest BCUT2D eigenvalue weighted by Crippen LogP contribution is -2.44. The van der Waals surface area contributed by atoms with E-state index < -0.39 is 5.91 Å². The number of rotatable bonds is 9. The number of thioether (sulfide) groups is 1. The van der Waals surface area contributed by atoms with E-state index in [1.54, 1.807) is 24.3 Å². The Kier molecular flexibility index (Phi) is 8.45. The molecule has 0 atom stereocenters.